The fourth-order valence-electron chi connectivity index (χ4n) is 3.80. The van der Waals surface area contributed by atoms with E-state index < -0.39 is 11.4 Å². The van der Waals surface area contributed by atoms with Crippen molar-refractivity contribution >= 4 is 0 Å². The van der Waals surface area contributed by atoms with Gasteiger partial charge in [-0.3, -0.25) is 0 Å². The SMILES string of the molecule is C[C@@H]1CC2=C[C@@H](C)COOC23CO[C@](C)(O)CC3C1. The first-order chi connectivity index (χ1) is 8.91. The zero-order valence-electron chi connectivity index (χ0n) is 12.0. The van der Waals surface area contributed by atoms with Gasteiger partial charge in [0.15, 0.2) is 11.4 Å². The van der Waals surface area contributed by atoms with E-state index in [2.05, 4.69) is 19.9 Å². The predicted molar refractivity (Wildman–Crippen MR) is 70.1 cm³/mol. The van der Waals surface area contributed by atoms with Gasteiger partial charge in [0.1, 0.15) is 0 Å². The molecule has 0 aromatic rings. The zero-order valence-corrected chi connectivity index (χ0v) is 12.0. The van der Waals surface area contributed by atoms with Crippen LogP contribution in [0.2, 0.25) is 0 Å². The Bertz CT molecular complexity index is 390. The quantitative estimate of drug-likeness (QED) is 0.541. The second kappa shape index (κ2) is 4.55. The highest BCUT2D eigenvalue weighted by atomic mass is 17.2. The molecule has 1 spiro atoms. The van der Waals surface area contributed by atoms with E-state index in [1.54, 1.807) is 6.92 Å². The molecule has 1 aliphatic carbocycles. The lowest BCUT2D eigenvalue weighted by atomic mass is 9.65. The van der Waals surface area contributed by atoms with Crippen molar-refractivity contribution in [3.63, 3.8) is 0 Å². The first-order valence-electron chi connectivity index (χ1n) is 7.29. The molecule has 4 heteroatoms. The molecule has 4 nitrogen and oxygen atoms in total. The third kappa shape index (κ3) is 2.35. The van der Waals surface area contributed by atoms with Crippen LogP contribution in [0.15, 0.2) is 11.6 Å². The topological polar surface area (TPSA) is 47.9 Å². The summed E-state index contributed by atoms with van der Waals surface area (Å²) in [4.78, 5) is 11.2. The highest BCUT2D eigenvalue weighted by Crippen LogP contribution is 2.51. The minimum atomic E-state index is -1.04. The monoisotopic (exact) mass is 268 g/mol. The highest BCUT2D eigenvalue weighted by Gasteiger charge is 2.55. The van der Waals surface area contributed by atoms with E-state index in [0.29, 0.717) is 31.5 Å². The molecule has 1 saturated carbocycles. The summed E-state index contributed by atoms with van der Waals surface area (Å²) in [6, 6.07) is 0. The number of hydrogen-bond acceptors (Lipinski definition) is 4. The van der Waals surface area contributed by atoms with Crippen LogP contribution in [-0.2, 0) is 14.5 Å². The average molecular weight is 268 g/mol. The molecule has 0 amide bonds. The summed E-state index contributed by atoms with van der Waals surface area (Å²) in [6.45, 7) is 7.12. The minimum absolute atomic E-state index is 0.261. The third-order valence-electron chi connectivity index (χ3n) is 4.71. The van der Waals surface area contributed by atoms with E-state index >= 15 is 0 Å². The molecular weight excluding hydrogens is 244 g/mol. The summed E-state index contributed by atoms with van der Waals surface area (Å²) < 4.78 is 5.63. The van der Waals surface area contributed by atoms with Gasteiger partial charge in [0, 0.05) is 18.3 Å². The van der Waals surface area contributed by atoms with Crippen LogP contribution in [0.1, 0.15) is 40.0 Å². The minimum Gasteiger partial charge on any atom is -0.366 e. The molecule has 108 valence electrons. The van der Waals surface area contributed by atoms with E-state index in [4.69, 9.17) is 14.5 Å². The van der Waals surface area contributed by atoms with Gasteiger partial charge in [-0.15, -0.1) is 0 Å². The first-order valence-corrected chi connectivity index (χ1v) is 7.29. The summed E-state index contributed by atoms with van der Waals surface area (Å²) in [7, 11) is 0. The Balaban J connectivity index is 1.97. The van der Waals surface area contributed by atoms with E-state index in [0.717, 1.165) is 12.8 Å². The maximum Gasteiger partial charge on any atom is 0.163 e. The lowest BCUT2D eigenvalue weighted by Gasteiger charge is -2.51. The summed E-state index contributed by atoms with van der Waals surface area (Å²) in [5, 5.41) is 10.2. The largest absolute Gasteiger partial charge is 0.366 e. The molecule has 0 radical (unpaired) electrons. The standard InChI is InChI=1S/C15H24O4/c1-10-4-12-6-11(2)8-18-19-15(12)9-17-14(3,16)7-13(15)5-10/h6,10-11,13,16H,4-5,7-9H2,1-3H3/t10-,11-,13?,14+,15?/m1/s1. The van der Waals surface area contributed by atoms with Gasteiger partial charge in [-0.05, 0) is 31.3 Å². The number of hydrogen-bond donors (Lipinski definition) is 1. The second-order valence-electron chi connectivity index (χ2n) is 6.84. The highest BCUT2D eigenvalue weighted by molar-refractivity contribution is 5.25. The van der Waals surface area contributed by atoms with Gasteiger partial charge in [0.2, 0.25) is 0 Å². The summed E-state index contributed by atoms with van der Waals surface area (Å²) in [5.41, 5.74) is 0.830. The Hall–Kier alpha value is -0.420. The maximum absolute atomic E-state index is 10.2. The van der Waals surface area contributed by atoms with E-state index in [1.807, 2.05) is 0 Å². The van der Waals surface area contributed by atoms with Crippen molar-refractivity contribution in [2.24, 2.45) is 17.8 Å². The molecule has 0 aromatic carbocycles. The Kier molecular flexibility index (Phi) is 3.25. The molecular formula is C15H24O4. The van der Waals surface area contributed by atoms with Crippen LogP contribution in [-0.4, -0.2) is 29.7 Å². The number of aliphatic hydroxyl groups is 1. The van der Waals surface area contributed by atoms with Crippen LogP contribution < -0.4 is 0 Å². The van der Waals surface area contributed by atoms with Gasteiger partial charge in [-0.2, -0.15) is 0 Å². The zero-order chi connectivity index (χ0) is 13.7. The molecule has 2 heterocycles. The lowest BCUT2D eigenvalue weighted by Crippen LogP contribution is -2.58. The van der Waals surface area contributed by atoms with Crippen LogP contribution in [0.25, 0.3) is 0 Å². The molecule has 3 rings (SSSR count). The molecule has 5 atom stereocenters. The van der Waals surface area contributed by atoms with Crippen molar-refractivity contribution in [1.82, 2.24) is 0 Å². The van der Waals surface area contributed by atoms with Crippen molar-refractivity contribution in [3.05, 3.63) is 11.6 Å². The van der Waals surface area contributed by atoms with E-state index in [1.165, 1.54) is 5.57 Å². The molecule has 0 aromatic heterocycles. The van der Waals surface area contributed by atoms with Crippen LogP contribution in [0.4, 0.5) is 0 Å². The molecule has 2 aliphatic heterocycles. The molecule has 2 fully saturated rings. The first kappa shape index (κ1) is 13.6. The van der Waals surface area contributed by atoms with Crippen LogP contribution >= 0.6 is 0 Å². The smallest absolute Gasteiger partial charge is 0.163 e. The maximum atomic E-state index is 10.2. The average Bonchev–Trinajstić information content (AvgIpc) is 2.44. The van der Waals surface area contributed by atoms with Gasteiger partial charge in [-0.25, -0.2) is 9.78 Å². The molecule has 1 N–H and O–H groups in total. The molecule has 1 saturated heterocycles. The Morgan fingerprint density at radius 1 is 1.37 bits per heavy atom. The lowest BCUT2D eigenvalue weighted by molar-refractivity contribution is -0.401. The van der Waals surface area contributed by atoms with Gasteiger partial charge in [0.05, 0.1) is 13.2 Å². The summed E-state index contributed by atoms with van der Waals surface area (Å²) >= 11 is 0. The molecule has 19 heavy (non-hydrogen) atoms. The van der Waals surface area contributed by atoms with Crippen molar-refractivity contribution in [2.75, 3.05) is 13.2 Å². The number of rotatable bonds is 0. The predicted octanol–water partition coefficient (Wildman–Crippen LogP) is 2.42. The van der Waals surface area contributed by atoms with Crippen molar-refractivity contribution in [1.29, 1.82) is 0 Å². The Morgan fingerprint density at radius 2 is 2.16 bits per heavy atom. The van der Waals surface area contributed by atoms with Crippen molar-refractivity contribution < 1.29 is 19.6 Å². The fourth-order valence-corrected chi connectivity index (χ4v) is 3.80. The van der Waals surface area contributed by atoms with Crippen LogP contribution in [0.5, 0.6) is 0 Å². The van der Waals surface area contributed by atoms with Crippen molar-refractivity contribution in [2.45, 2.75) is 51.4 Å². The summed E-state index contributed by atoms with van der Waals surface area (Å²) in [5.74, 6) is 0.200. The Labute approximate surface area is 114 Å². The van der Waals surface area contributed by atoms with E-state index in [9.17, 15) is 5.11 Å². The van der Waals surface area contributed by atoms with E-state index in [-0.39, 0.29) is 5.92 Å². The van der Waals surface area contributed by atoms with Crippen LogP contribution in [0, 0.1) is 17.8 Å². The van der Waals surface area contributed by atoms with Gasteiger partial charge in [0.25, 0.3) is 0 Å². The van der Waals surface area contributed by atoms with Crippen molar-refractivity contribution in [3.8, 4) is 0 Å². The fraction of sp³-hybridized carbons (Fsp3) is 0.867. The third-order valence-corrected chi connectivity index (χ3v) is 4.71. The molecule has 2 unspecified atom stereocenters. The Morgan fingerprint density at radius 3 is 2.95 bits per heavy atom. The summed E-state index contributed by atoms with van der Waals surface area (Å²) in [6.07, 6.45) is 4.98. The van der Waals surface area contributed by atoms with Gasteiger partial charge < -0.3 is 9.84 Å². The molecule has 3 aliphatic rings. The van der Waals surface area contributed by atoms with Crippen LogP contribution in [0.3, 0.4) is 0 Å². The number of ether oxygens (including phenoxy) is 1. The normalized spacial score (nSPS) is 50.7. The molecule has 0 bridgehead atoms. The second-order valence-corrected chi connectivity index (χ2v) is 6.84. The van der Waals surface area contributed by atoms with Gasteiger partial charge in [-0.1, -0.05) is 19.9 Å². The van der Waals surface area contributed by atoms with Gasteiger partial charge >= 0.3 is 0 Å².